The third-order valence-corrected chi connectivity index (χ3v) is 6.19. The minimum absolute atomic E-state index is 0.110. The molecule has 0 radical (unpaired) electrons. The molecule has 6 nitrogen and oxygen atoms in total. The topological polar surface area (TPSA) is 73.2 Å². The van der Waals surface area contributed by atoms with Crippen molar-refractivity contribution in [1.29, 1.82) is 0 Å². The van der Waals surface area contributed by atoms with Crippen LogP contribution in [0.3, 0.4) is 0 Å². The van der Waals surface area contributed by atoms with Crippen molar-refractivity contribution >= 4 is 29.0 Å². The molecule has 1 aromatic carbocycles. The van der Waals surface area contributed by atoms with Crippen LogP contribution in [0.15, 0.2) is 42.6 Å². The standard InChI is InChI=1S/C22H23N3O3S/c1-13(2)25-19(10-11-23-25)24-21(26)14(3)28-22(27)18-12-16-9-8-15-6-4-5-7-17(15)20(16)29-18/h4-7,10-14H,8-9H2,1-3H3,(H,24,26)/t14-/m1/s1. The molecule has 0 fully saturated rings. The van der Waals surface area contributed by atoms with E-state index in [1.807, 2.05) is 32.0 Å². The zero-order valence-corrected chi connectivity index (χ0v) is 17.5. The molecule has 1 N–H and O–H groups in total. The Balaban J connectivity index is 1.45. The van der Waals surface area contributed by atoms with Gasteiger partial charge in [0.05, 0.1) is 6.20 Å². The lowest BCUT2D eigenvalue weighted by molar-refractivity contribution is -0.123. The molecule has 150 valence electrons. The Kier molecular flexibility index (Phi) is 5.24. The molecule has 3 aromatic rings. The normalized spacial score (nSPS) is 13.5. The number of anilines is 1. The van der Waals surface area contributed by atoms with Crippen molar-refractivity contribution in [3.63, 3.8) is 0 Å². The predicted molar refractivity (Wildman–Crippen MR) is 113 cm³/mol. The van der Waals surface area contributed by atoms with Crippen LogP contribution in [-0.2, 0) is 22.4 Å². The molecule has 1 aliphatic rings. The number of nitrogens with one attached hydrogen (secondary N) is 1. The van der Waals surface area contributed by atoms with Gasteiger partial charge in [-0.2, -0.15) is 5.10 Å². The number of aromatic nitrogens is 2. The number of hydrogen-bond acceptors (Lipinski definition) is 5. The van der Waals surface area contributed by atoms with Crippen LogP contribution >= 0.6 is 11.3 Å². The van der Waals surface area contributed by atoms with Gasteiger partial charge in [0.15, 0.2) is 6.10 Å². The lowest BCUT2D eigenvalue weighted by atomic mass is 9.91. The van der Waals surface area contributed by atoms with Crippen LogP contribution in [0, 0.1) is 0 Å². The molecule has 0 bridgehead atoms. The molecule has 4 rings (SSSR count). The Morgan fingerprint density at radius 3 is 2.69 bits per heavy atom. The number of carbonyl (C=O) groups excluding carboxylic acids is 2. The summed E-state index contributed by atoms with van der Waals surface area (Å²) in [5.41, 5.74) is 3.65. The second-order valence-corrected chi connectivity index (χ2v) is 8.47. The summed E-state index contributed by atoms with van der Waals surface area (Å²) >= 11 is 1.43. The summed E-state index contributed by atoms with van der Waals surface area (Å²) in [7, 11) is 0. The number of aryl methyl sites for hydroxylation is 2. The number of esters is 1. The van der Waals surface area contributed by atoms with Gasteiger partial charge in [-0.1, -0.05) is 24.3 Å². The first kappa shape index (κ1) is 19.4. The van der Waals surface area contributed by atoms with E-state index in [0.717, 1.165) is 17.7 Å². The van der Waals surface area contributed by atoms with Gasteiger partial charge < -0.3 is 10.1 Å². The van der Waals surface area contributed by atoms with Gasteiger partial charge in [-0.3, -0.25) is 4.79 Å². The summed E-state index contributed by atoms with van der Waals surface area (Å²) in [5, 5.41) is 6.97. The number of fused-ring (bicyclic) bond motifs is 3. The summed E-state index contributed by atoms with van der Waals surface area (Å²) in [6, 6.07) is 12.0. The number of hydrogen-bond donors (Lipinski definition) is 1. The molecule has 2 aromatic heterocycles. The van der Waals surface area contributed by atoms with Crippen molar-refractivity contribution in [2.75, 3.05) is 5.32 Å². The van der Waals surface area contributed by atoms with E-state index in [0.29, 0.717) is 10.7 Å². The molecule has 0 spiro atoms. The SMILES string of the molecule is CC(C)n1nccc1NC(=O)[C@@H](C)OC(=O)c1cc2c(s1)-c1ccccc1CC2. The number of carbonyl (C=O) groups is 2. The highest BCUT2D eigenvalue weighted by atomic mass is 32.1. The van der Waals surface area contributed by atoms with Crippen molar-refractivity contribution in [1.82, 2.24) is 9.78 Å². The Bertz CT molecular complexity index is 1070. The Morgan fingerprint density at radius 2 is 1.90 bits per heavy atom. The first-order chi connectivity index (χ1) is 13.9. The van der Waals surface area contributed by atoms with Gasteiger partial charge in [-0.05, 0) is 56.4 Å². The minimum Gasteiger partial charge on any atom is -0.448 e. The first-order valence-electron chi connectivity index (χ1n) is 9.70. The van der Waals surface area contributed by atoms with Crippen LogP contribution in [-0.4, -0.2) is 27.8 Å². The Labute approximate surface area is 173 Å². The Hall–Kier alpha value is -2.93. The average Bonchev–Trinajstić information content (AvgIpc) is 3.34. The molecule has 7 heteroatoms. The minimum atomic E-state index is -0.913. The highest BCUT2D eigenvalue weighted by molar-refractivity contribution is 7.17. The van der Waals surface area contributed by atoms with Gasteiger partial charge in [0, 0.05) is 17.0 Å². The van der Waals surface area contributed by atoms with Crippen LogP contribution in [0.4, 0.5) is 5.82 Å². The number of benzene rings is 1. The molecule has 0 saturated heterocycles. The Morgan fingerprint density at radius 1 is 1.14 bits per heavy atom. The summed E-state index contributed by atoms with van der Waals surface area (Å²) in [6.45, 7) is 5.53. The molecule has 0 aliphatic heterocycles. The maximum atomic E-state index is 12.7. The van der Waals surface area contributed by atoms with E-state index in [1.165, 1.54) is 28.0 Å². The van der Waals surface area contributed by atoms with Crippen LogP contribution < -0.4 is 5.32 Å². The molecule has 0 saturated carbocycles. The van der Waals surface area contributed by atoms with E-state index in [2.05, 4.69) is 22.5 Å². The van der Waals surface area contributed by atoms with Gasteiger partial charge in [0.2, 0.25) is 0 Å². The summed E-state index contributed by atoms with van der Waals surface area (Å²) < 4.78 is 7.15. The van der Waals surface area contributed by atoms with Crippen molar-refractivity contribution < 1.29 is 14.3 Å². The fourth-order valence-electron chi connectivity index (χ4n) is 3.50. The van der Waals surface area contributed by atoms with Gasteiger partial charge >= 0.3 is 5.97 Å². The van der Waals surface area contributed by atoms with E-state index in [4.69, 9.17) is 4.74 Å². The van der Waals surface area contributed by atoms with Crippen molar-refractivity contribution in [3.8, 4) is 10.4 Å². The molecule has 1 amide bonds. The lowest BCUT2D eigenvalue weighted by Crippen LogP contribution is -2.30. The van der Waals surface area contributed by atoms with Gasteiger partial charge in [-0.25, -0.2) is 9.48 Å². The third-order valence-electron chi connectivity index (χ3n) is 5.00. The summed E-state index contributed by atoms with van der Waals surface area (Å²) in [5.74, 6) is -0.273. The second-order valence-electron chi connectivity index (χ2n) is 7.41. The highest BCUT2D eigenvalue weighted by Crippen LogP contribution is 2.39. The van der Waals surface area contributed by atoms with Crippen LogP contribution in [0.25, 0.3) is 10.4 Å². The van der Waals surface area contributed by atoms with E-state index >= 15 is 0 Å². The van der Waals surface area contributed by atoms with Crippen LogP contribution in [0.2, 0.25) is 0 Å². The zero-order chi connectivity index (χ0) is 20.5. The number of amides is 1. The molecule has 29 heavy (non-hydrogen) atoms. The molecule has 0 unspecified atom stereocenters. The van der Waals surface area contributed by atoms with Crippen molar-refractivity contribution in [3.05, 3.63) is 58.6 Å². The summed E-state index contributed by atoms with van der Waals surface area (Å²) in [4.78, 5) is 26.8. The predicted octanol–water partition coefficient (Wildman–Crippen LogP) is 4.48. The number of nitrogens with zero attached hydrogens (tertiary/aromatic N) is 2. The number of ether oxygens (including phenoxy) is 1. The third kappa shape index (κ3) is 3.82. The molecular formula is C22H23N3O3S. The van der Waals surface area contributed by atoms with Crippen LogP contribution in [0.1, 0.15) is 47.6 Å². The average molecular weight is 410 g/mol. The number of thiophene rings is 1. The van der Waals surface area contributed by atoms with E-state index < -0.39 is 12.1 Å². The van der Waals surface area contributed by atoms with Crippen molar-refractivity contribution in [2.24, 2.45) is 0 Å². The molecule has 1 atom stereocenters. The largest absolute Gasteiger partial charge is 0.448 e. The van der Waals surface area contributed by atoms with Crippen molar-refractivity contribution in [2.45, 2.75) is 45.8 Å². The maximum absolute atomic E-state index is 12.7. The summed E-state index contributed by atoms with van der Waals surface area (Å²) in [6.07, 6.45) is 2.59. The maximum Gasteiger partial charge on any atom is 0.349 e. The first-order valence-corrected chi connectivity index (χ1v) is 10.5. The second kappa shape index (κ2) is 7.83. The lowest BCUT2D eigenvalue weighted by Gasteiger charge is -2.15. The molecular weight excluding hydrogens is 386 g/mol. The van der Waals surface area contributed by atoms with E-state index in [1.54, 1.807) is 23.9 Å². The fraction of sp³-hybridized carbons (Fsp3) is 0.318. The monoisotopic (exact) mass is 409 g/mol. The van der Waals surface area contributed by atoms with E-state index in [9.17, 15) is 9.59 Å². The smallest absolute Gasteiger partial charge is 0.349 e. The van der Waals surface area contributed by atoms with Crippen LogP contribution in [0.5, 0.6) is 0 Å². The fourth-order valence-corrected chi connectivity index (χ4v) is 4.65. The highest BCUT2D eigenvalue weighted by Gasteiger charge is 2.25. The zero-order valence-electron chi connectivity index (χ0n) is 16.6. The van der Waals surface area contributed by atoms with Gasteiger partial charge in [0.1, 0.15) is 10.7 Å². The molecule has 1 aliphatic carbocycles. The van der Waals surface area contributed by atoms with Gasteiger partial charge in [0.25, 0.3) is 5.91 Å². The van der Waals surface area contributed by atoms with Gasteiger partial charge in [-0.15, -0.1) is 11.3 Å². The molecule has 2 heterocycles. The number of rotatable bonds is 5. The van der Waals surface area contributed by atoms with E-state index in [-0.39, 0.29) is 11.9 Å². The quantitative estimate of drug-likeness (QED) is 0.631.